The van der Waals surface area contributed by atoms with Crippen LogP contribution in [-0.4, -0.2) is 27.2 Å². The molecule has 18 heavy (non-hydrogen) atoms. The Hall–Kier alpha value is -1.39. The minimum atomic E-state index is 0.0991. The molecule has 0 unspecified atom stereocenters. The Morgan fingerprint density at radius 2 is 2.00 bits per heavy atom. The molecule has 0 aromatic carbocycles. The second kappa shape index (κ2) is 4.07. The van der Waals surface area contributed by atoms with Crippen LogP contribution in [0.4, 0.5) is 0 Å². The summed E-state index contributed by atoms with van der Waals surface area (Å²) in [5.74, 6) is 1.17. The van der Waals surface area contributed by atoms with Gasteiger partial charge in [-0.2, -0.15) is 5.10 Å². The van der Waals surface area contributed by atoms with Gasteiger partial charge in [0.05, 0.1) is 0 Å². The number of aryl methyl sites for hydroxylation is 1. The van der Waals surface area contributed by atoms with Crippen LogP contribution in [-0.2, 0) is 18.3 Å². The summed E-state index contributed by atoms with van der Waals surface area (Å²) in [6.07, 6.45) is 2.25. The van der Waals surface area contributed by atoms with Gasteiger partial charge in [-0.25, -0.2) is 4.98 Å². The van der Waals surface area contributed by atoms with Crippen molar-refractivity contribution in [2.24, 2.45) is 23.8 Å². The summed E-state index contributed by atoms with van der Waals surface area (Å²) in [5.41, 5.74) is 0.198. The van der Waals surface area contributed by atoms with Crippen LogP contribution in [0.1, 0.15) is 33.5 Å². The third-order valence-electron chi connectivity index (χ3n) is 4.74. The number of aromatic nitrogens is 3. The molecule has 0 saturated heterocycles. The summed E-state index contributed by atoms with van der Waals surface area (Å²) < 4.78 is 1.73. The Labute approximate surface area is 108 Å². The van der Waals surface area contributed by atoms with E-state index in [4.69, 9.17) is 0 Å². The molecule has 1 heterocycles. The molecular weight excluding hydrogens is 228 g/mol. The van der Waals surface area contributed by atoms with Crippen LogP contribution in [0.5, 0.6) is 0 Å². The van der Waals surface area contributed by atoms with E-state index in [0.29, 0.717) is 6.54 Å². The van der Waals surface area contributed by atoms with Gasteiger partial charge in [-0.15, -0.1) is 0 Å². The van der Waals surface area contributed by atoms with Gasteiger partial charge < -0.3 is 5.32 Å². The minimum Gasteiger partial charge on any atom is -0.355 e. The second-order valence-corrected chi connectivity index (χ2v) is 6.22. The largest absolute Gasteiger partial charge is 0.355 e. The summed E-state index contributed by atoms with van der Waals surface area (Å²) in [5, 5.41) is 7.00. The Kier molecular flexibility index (Phi) is 2.95. The van der Waals surface area contributed by atoms with Gasteiger partial charge in [-0.3, -0.25) is 9.48 Å². The van der Waals surface area contributed by atoms with E-state index in [1.54, 1.807) is 4.68 Å². The van der Waals surface area contributed by atoms with E-state index in [1.165, 1.54) is 6.33 Å². The molecule has 1 aliphatic rings. The fourth-order valence-electron chi connectivity index (χ4n) is 2.80. The molecule has 1 fully saturated rings. The molecule has 1 saturated carbocycles. The highest BCUT2D eigenvalue weighted by Gasteiger charge is 2.68. The van der Waals surface area contributed by atoms with Crippen LogP contribution >= 0.6 is 0 Å². The molecule has 1 aliphatic carbocycles. The van der Waals surface area contributed by atoms with Gasteiger partial charge in [0, 0.05) is 25.9 Å². The number of nitrogens with zero attached hydrogens (tertiary/aromatic N) is 3. The normalized spacial score (nSPS) is 20.7. The van der Waals surface area contributed by atoms with Crippen LogP contribution in [0, 0.1) is 16.7 Å². The Balaban J connectivity index is 1.82. The third-order valence-corrected chi connectivity index (χ3v) is 4.74. The predicted octanol–water partition coefficient (Wildman–Crippen LogP) is 1.16. The molecule has 0 spiro atoms. The van der Waals surface area contributed by atoms with E-state index >= 15 is 0 Å². The van der Waals surface area contributed by atoms with E-state index < -0.39 is 0 Å². The lowest BCUT2D eigenvalue weighted by Crippen LogP contribution is -2.29. The third kappa shape index (κ3) is 1.91. The lowest BCUT2D eigenvalue weighted by molar-refractivity contribution is -0.123. The number of nitrogens with one attached hydrogen (secondary N) is 1. The summed E-state index contributed by atoms with van der Waals surface area (Å²) in [6.45, 7) is 9.23. The molecule has 2 rings (SSSR count). The average Bonchev–Trinajstić information content (AvgIpc) is 2.57. The maximum atomic E-state index is 12.1. The first-order valence-corrected chi connectivity index (χ1v) is 6.39. The number of hydrogen-bond acceptors (Lipinski definition) is 3. The van der Waals surface area contributed by atoms with Crippen LogP contribution in [0.15, 0.2) is 6.33 Å². The Bertz CT molecular complexity index is 447. The zero-order valence-electron chi connectivity index (χ0n) is 11.8. The lowest BCUT2D eigenvalue weighted by atomic mass is 10.0. The summed E-state index contributed by atoms with van der Waals surface area (Å²) in [7, 11) is 1.86. The molecule has 1 amide bonds. The van der Waals surface area contributed by atoms with Crippen molar-refractivity contribution in [2.75, 3.05) is 6.54 Å². The van der Waals surface area contributed by atoms with Gasteiger partial charge in [-0.05, 0) is 10.8 Å². The average molecular weight is 250 g/mol. The molecule has 100 valence electrons. The standard InChI is InChI=1S/C13H22N4O/c1-12(2)10(13(12,3)4)11(18)14-7-6-9-15-8-16-17(9)5/h8,10H,6-7H2,1-5H3,(H,14,18). The van der Waals surface area contributed by atoms with Crippen molar-refractivity contribution in [1.82, 2.24) is 20.1 Å². The van der Waals surface area contributed by atoms with Crippen molar-refractivity contribution in [1.29, 1.82) is 0 Å². The van der Waals surface area contributed by atoms with Gasteiger partial charge in [-0.1, -0.05) is 27.7 Å². The van der Waals surface area contributed by atoms with Crippen molar-refractivity contribution in [3.05, 3.63) is 12.2 Å². The lowest BCUT2D eigenvalue weighted by Gasteiger charge is -2.06. The molecule has 1 aromatic heterocycles. The van der Waals surface area contributed by atoms with E-state index in [0.717, 1.165) is 12.2 Å². The van der Waals surface area contributed by atoms with Crippen molar-refractivity contribution in [2.45, 2.75) is 34.1 Å². The number of amides is 1. The molecular formula is C13H22N4O. The quantitative estimate of drug-likeness (QED) is 0.872. The molecule has 5 nitrogen and oxygen atoms in total. The topological polar surface area (TPSA) is 59.8 Å². The predicted molar refractivity (Wildman–Crippen MR) is 68.8 cm³/mol. The first-order valence-electron chi connectivity index (χ1n) is 6.39. The van der Waals surface area contributed by atoms with Crippen LogP contribution < -0.4 is 5.32 Å². The number of carbonyl (C=O) groups excluding carboxylic acids is 1. The molecule has 0 atom stereocenters. The fraction of sp³-hybridized carbons (Fsp3) is 0.769. The number of rotatable bonds is 4. The highest BCUT2D eigenvalue weighted by molar-refractivity contribution is 5.84. The van der Waals surface area contributed by atoms with Crippen LogP contribution in [0.2, 0.25) is 0 Å². The summed E-state index contributed by atoms with van der Waals surface area (Å²) in [4.78, 5) is 16.2. The van der Waals surface area contributed by atoms with Gasteiger partial charge in [0.15, 0.2) is 0 Å². The maximum Gasteiger partial charge on any atom is 0.224 e. The number of carbonyl (C=O) groups is 1. The molecule has 5 heteroatoms. The molecule has 1 N–H and O–H groups in total. The van der Waals surface area contributed by atoms with Gasteiger partial charge >= 0.3 is 0 Å². The molecule has 0 bridgehead atoms. The van der Waals surface area contributed by atoms with Crippen molar-refractivity contribution in [3.63, 3.8) is 0 Å². The van der Waals surface area contributed by atoms with Gasteiger partial charge in [0.2, 0.25) is 5.91 Å². The maximum absolute atomic E-state index is 12.1. The first kappa shape index (κ1) is 13.1. The van der Waals surface area contributed by atoms with Gasteiger partial charge in [0.25, 0.3) is 0 Å². The summed E-state index contributed by atoms with van der Waals surface area (Å²) >= 11 is 0. The highest BCUT2D eigenvalue weighted by Crippen LogP contribution is 2.68. The highest BCUT2D eigenvalue weighted by atomic mass is 16.2. The molecule has 1 aromatic rings. The van der Waals surface area contributed by atoms with Crippen molar-refractivity contribution in [3.8, 4) is 0 Å². The van der Waals surface area contributed by atoms with E-state index in [2.05, 4.69) is 43.1 Å². The first-order chi connectivity index (χ1) is 8.28. The van der Waals surface area contributed by atoms with E-state index in [1.807, 2.05) is 7.05 Å². The minimum absolute atomic E-state index is 0.0991. The molecule has 0 radical (unpaired) electrons. The van der Waals surface area contributed by atoms with Crippen molar-refractivity contribution >= 4 is 5.91 Å². The van der Waals surface area contributed by atoms with Gasteiger partial charge in [0.1, 0.15) is 12.2 Å². The van der Waals surface area contributed by atoms with Crippen LogP contribution in [0.3, 0.4) is 0 Å². The zero-order valence-corrected chi connectivity index (χ0v) is 11.8. The van der Waals surface area contributed by atoms with Crippen molar-refractivity contribution < 1.29 is 4.79 Å². The zero-order chi connectivity index (χ0) is 13.6. The molecule has 0 aliphatic heterocycles. The van der Waals surface area contributed by atoms with E-state index in [9.17, 15) is 4.79 Å². The van der Waals surface area contributed by atoms with Crippen LogP contribution in [0.25, 0.3) is 0 Å². The second-order valence-electron chi connectivity index (χ2n) is 6.22. The number of hydrogen-bond donors (Lipinski definition) is 1. The fourth-order valence-corrected chi connectivity index (χ4v) is 2.80. The smallest absolute Gasteiger partial charge is 0.224 e. The van der Waals surface area contributed by atoms with E-state index in [-0.39, 0.29) is 22.7 Å². The SMILES string of the molecule is Cn1ncnc1CCNC(=O)C1C(C)(C)C1(C)C. The Morgan fingerprint density at radius 3 is 2.44 bits per heavy atom. The summed E-state index contributed by atoms with van der Waals surface area (Å²) in [6, 6.07) is 0. The monoisotopic (exact) mass is 250 g/mol. The Morgan fingerprint density at radius 1 is 1.39 bits per heavy atom.